The first-order valence-corrected chi connectivity index (χ1v) is 10.3. The lowest BCUT2D eigenvalue weighted by molar-refractivity contribution is 0.340. The highest BCUT2D eigenvalue weighted by Gasteiger charge is 2.19. The molecule has 0 atom stereocenters. The number of hydrogen-bond acceptors (Lipinski definition) is 5. The number of nitrogens with zero attached hydrogens (tertiary/aromatic N) is 2. The van der Waals surface area contributed by atoms with Crippen LogP contribution in [0, 0.1) is 0 Å². The fourth-order valence-electron chi connectivity index (χ4n) is 3.47. The summed E-state index contributed by atoms with van der Waals surface area (Å²) in [6, 6.07) is 15.0. The van der Waals surface area contributed by atoms with Gasteiger partial charge in [-0.05, 0) is 54.3 Å². The van der Waals surface area contributed by atoms with Gasteiger partial charge in [-0.25, -0.2) is 4.98 Å². The van der Waals surface area contributed by atoms with Gasteiger partial charge in [0.2, 0.25) is 0 Å². The molecule has 1 aliphatic rings. The zero-order chi connectivity index (χ0) is 18.6. The van der Waals surface area contributed by atoms with Crippen LogP contribution in [0.15, 0.2) is 48.7 Å². The average molecular weight is 380 g/mol. The summed E-state index contributed by atoms with van der Waals surface area (Å²) in [7, 11) is 1.97. The Morgan fingerprint density at radius 2 is 2.00 bits per heavy atom. The second kappa shape index (κ2) is 8.01. The van der Waals surface area contributed by atoms with Gasteiger partial charge in [0.25, 0.3) is 0 Å². The van der Waals surface area contributed by atoms with Crippen LogP contribution in [-0.2, 0) is 19.4 Å². The zero-order valence-electron chi connectivity index (χ0n) is 15.9. The van der Waals surface area contributed by atoms with E-state index in [0.717, 1.165) is 36.8 Å². The number of hydrogen-bond donors (Lipinski definition) is 1. The molecule has 0 bridgehead atoms. The lowest BCUT2D eigenvalue weighted by Crippen LogP contribution is -2.30. The molecule has 1 aliphatic heterocycles. The van der Waals surface area contributed by atoms with Gasteiger partial charge >= 0.3 is 0 Å². The largest absolute Gasteiger partial charge is 0.494 e. The molecule has 140 valence electrons. The Hall–Kier alpha value is -2.53. The lowest BCUT2D eigenvalue weighted by Gasteiger charge is -2.28. The average Bonchev–Trinajstić information content (AvgIpc) is 3.17. The maximum Gasteiger partial charge on any atom is 0.185 e. The molecule has 4 nitrogen and oxygen atoms in total. The van der Waals surface area contributed by atoms with Crippen molar-refractivity contribution in [3.05, 3.63) is 70.2 Å². The van der Waals surface area contributed by atoms with Crippen LogP contribution in [0.1, 0.15) is 28.5 Å². The van der Waals surface area contributed by atoms with Crippen molar-refractivity contribution in [2.75, 3.05) is 30.4 Å². The van der Waals surface area contributed by atoms with Crippen LogP contribution >= 0.6 is 11.3 Å². The maximum absolute atomic E-state index is 5.52. The summed E-state index contributed by atoms with van der Waals surface area (Å²) in [5.41, 5.74) is 5.31. The van der Waals surface area contributed by atoms with Crippen molar-refractivity contribution in [3.63, 3.8) is 0 Å². The molecule has 0 amide bonds. The van der Waals surface area contributed by atoms with Crippen molar-refractivity contribution in [2.24, 2.45) is 0 Å². The normalized spacial score (nSPS) is 13.3. The Bertz CT molecular complexity index is 904. The van der Waals surface area contributed by atoms with Crippen molar-refractivity contribution < 1.29 is 4.74 Å². The maximum atomic E-state index is 5.52. The van der Waals surface area contributed by atoms with Gasteiger partial charge in [-0.2, -0.15) is 0 Å². The number of rotatable bonds is 6. The van der Waals surface area contributed by atoms with Gasteiger partial charge in [-0.15, -0.1) is 11.3 Å². The summed E-state index contributed by atoms with van der Waals surface area (Å²) in [4.78, 5) is 8.39. The minimum Gasteiger partial charge on any atom is -0.494 e. The van der Waals surface area contributed by atoms with Gasteiger partial charge in [0.05, 0.1) is 6.61 Å². The fraction of sp³-hybridized carbons (Fsp3) is 0.318. The van der Waals surface area contributed by atoms with Crippen LogP contribution in [0.3, 0.4) is 0 Å². The zero-order valence-corrected chi connectivity index (χ0v) is 16.7. The van der Waals surface area contributed by atoms with Crippen LogP contribution in [0.5, 0.6) is 5.75 Å². The fourth-order valence-corrected chi connectivity index (χ4v) is 4.44. The minimum atomic E-state index is 0.701. The molecule has 1 N–H and O–H groups in total. The van der Waals surface area contributed by atoms with E-state index >= 15 is 0 Å². The molecule has 0 unspecified atom stereocenters. The Kier molecular flexibility index (Phi) is 5.30. The number of ether oxygens (including phenoxy) is 1. The summed E-state index contributed by atoms with van der Waals surface area (Å²) in [5.74, 6) is 0.930. The minimum absolute atomic E-state index is 0.701. The topological polar surface area (TPSA) is 37.4 Å². The van der Waals surface area contributed by atoms with Gasteiger partial charge in [0.15, 0.2) is 5.13 Å². The van der Waals surface area contributed by atoms with Gasteiger partial charge in [-0.3, -0.25) is 0 Å². The van der Waals surface area contributed by atoms with E-state index < -0.39 is 0 Å². The van der Waals surface area contributed by atoms with Crippen molar-refractivity contribution in [1.82, 2.24) is 4.98 Å². The van der Waals surface area contributed by atoms with Gasteiger partial charge in [-0.1, -0.05) is 18.2 Å². The number of nitrogens with one attached hydrogen (secondary N) is 1. The molecule has 0 saturated carbocycles. The smallest absolute Gasteiger partial charge is 0.185 e. The van der Waals surface area contributed by atoms with Crippen LogP contribution in [0.2, 0.25) is 0 Å². The molecular formula is C22H25N3OS. The molecule has 2 heterocycles. The number of thiazole rings is 1. The summed E-state index contributed by atoms with van der Waals surface area (Å²) < 4.78 is 5.52. The molecule has 0 spiro atoms. The highest BCUT2D eigenvalue weighted by atomic mass is 32.1. The molecule has 2 aromatic carbocycles. The third kappa shape index (κ3) is 4.08. The molecule has 1 aromatic heterocycles. The van der Waals surface area contributed by atoms with Gasteiger partial charge in [0.1, 0.15) is 5.75 Å². The molecule has 0 saturated heterocycles. The molecule has 0 fully saturated rings. The van der Waals surface area contributed by atoms with E-state index in [1.807, 2.05) is 32.3 Å². The van der Waals surface area contributed by atoms with Crippen LogP contribution in [0.25, 0.3) is 0 Å². The van der Waals surface area contributed by atoms with E-state index in [0.29, 0.717) is 6.61 Å². The summed E-state index contributed by atoms with van der Waals surface area (Å²) in [6.07, 6.45) is 4.02. The molecule has 27 heavy (non-hydrogen) atoms. The van der Waals surface area contributed by atoms with Crippen LogP contribution < -0.4 is 15.0 Å². The van der Waals surface area contributed by atoms with E-state index in [9.17, 15) is 0 Å². The van der Waals surface area contributed by atoms with Crippen molar-refractivity contribution in [1.29, 1.82) is 0 Å². The van der Waals surface area contributed by atoms with Crippen molar-refractivity contribution in [2.45, 2.75) is 26.3 Å². The Morgan fingerprint density at radius 1 is 1.15 bits per heavy atom. The lowest BCUT2D eigenvalue weighted by atomic mass is 9.99. The monoisotopic (exact) mass is 379 g/mol. The standard InChI is InChI=1S/C22H25N3OS/c1-3-26-20-8-4-16(5-9-20)12-21-14-24-22(27-21)25-11-10-17-6-7-19(23-2)13-18(17)15-25/h4-9,13-14,23H,3,10-12,15H2,1-2H3. The predicted molar refractivity (Wildman–Crippen MR) is 113 cm³/mol. The quantitative estimate of drug-likeness (QED) is 0.671. The Morgan fingerprint density at radius 3 is 2.78 bits per heavy atom. The highest BCUT2D eigenvalue weighted by Crippen LogP contribution is 2.30. The highest BCUT2D eigenvalue weighted by molar-refractivity contribution is 7.15. The van der Waals surface area contributed by atoms with Gasteiger partial charge in [0, 0.05) is 43.3 Å². The third-order valence-corrected chi connectivity index (χ3v) is 5.99. The first kappa shape index (κ1) is 17.9. The van der Waals surface area contributed by atoms with Crippen molar-refractivity contribution >= 4 is 22.2 Å². The third-order valence-electron chi connectivity index (χ3n) is 4.93. The van der Waals surface area contributed by atoms with E-state index in [-0.39, 0.29) is 0 Å². The second-order valence-electron chi connectivity index (χ2n) is 6.77. The van der Waals surface area contributed by atoms with Crippen molar-refractivity contribution in [3.8, 4) is 5.75 Å². The summed E-state index contributed by atoms with van der Waals surface area (Å²) in [6.45, 7) is 4.67. The van der Waals surface area contributed by atoms with Crippen LogP contribution in [0.4, 0.5) is 10.8 Å². The number of fused-ring (bicyclic) bond motifs is 1. The first-order valence-electron chi connectivity index (χ1n) is 9.46. The number of aromatic nitrogens is 1. The number of anilines is 2. The molecule has 5 heteroatoms. The van der Waals surface area contributed by atoms with E-state index in [1.54, 1.807) is 11.3 Å². The molecule has 0 radical (unpaired) electrons. The SMILES string of the molecule is CCOc1ccc(Cc2cnc(N3CCc4ccc(NC)cc4C3)s2)cc1. The van der Waals surface area contributed by atoms with Gasteiger partial charge < -0.3 is 15.0 Å². The molecular weight excluding hydrogens is 354 g/mol. The molecule has 4 rings (SSSR count). The summed E-state index contributed by atoms with van der Waals surface area (Å²) >= 11 is 1.80. The summed E-state index contributed by atoms with van der Waals surface area (Å²) in [5, 5.41) is 4.36. The first-order chi connectivity index (χ1) is 13.2. The van der Waals surface area contributed by atoms with Crippen LogP contribution in [-0.4, -0.2) is 25.2 Å². The second-order valence-corrected chi connectivity index (χ2v) is 7.86. The number of benzene rings is 2. The van der Waals surface area contributed by atoms with E-state index in [1.165, 1.54) is 27.3 Å². The van der Waals surface area contributed by atoms with E-state index in [4.69, 9.17) is 9.72 Å². The Balaban J connectivity index is 1.44. The molecule has 3 aromatic rings. The predicted octanol–water partition coefficient (Wildman–Crippen LogP) is 4.74. The molecule has 0 aliphatic carbocycles. The Labute approximate surface area is 164 Å². The van der Waals surface area contributed by atoms with E-state index in [2.05, 4.69) is 40.5 Å².